The SMILES string of the molecule is CCOCC(=O)OCOc1c(OC)ccnc1C(=O)NC1CCC[C@H](Cc2ccccc2)[C@@H](Cc2ccccc2)[C@H](C)OC1=O.COc1ccnc(C(=O)NC2CCC[C@H](Cc3ccccc3)[C@@H](Cc3ccccc3)[C@H](C)OC2=O)c1O. The van der Waals surface area contributed by atoms with E-state index in [1.54, 1.807) is 6.92 Å². The van der Waals surface area contributed by atoms with Crippen LogP contribution in [0.3, 0.4) is 0 Å². The molecule has 0 aliphatic carbocycles. The number of hydrogen-bond acceptors (Lipinski definition) is 15. The predicted molar refractivity (Wildman–Crippen MR) is 307 cm³/mol. The van der Waals surface area contributed by atoms with Crippen LogP contribution in [0.2, 0.25) is 0 Å². The van der Waals surface area contributed by atoms with Gasteiger partial charge in [0, 0.05) is 43.0 Å². The number of carbonyl (C=O) groups is 5. The van der Waals surface area contributed by atoms with Gasteiger partial charge in [-0.2, -0.15) is 0 Å². The Morgan fingerprint density at radius 2 is 0.988 bits per heavy atom. The largest absolute Gasteiger partial charge is 0.503 e. The van der Waals surface area contributed by atoms with Crippen molar-refractivity contribution in [1.82, 2.24) is 20.6 Å². The maximum Gasteiger partial charge on any atom is 0.334 e. The summed E-state index contributed by atoms with van der Waals surface area (Å²) in [6, 6.07) is 42.5. The topological polar surface area (TPSA) is 220 Å². The summed E-state index contributed by atoms with van der Waals surface area (Å²) in [5, 5.41) is 15.9. The second-order valence-electron chi connectivity index (χ2n) is 20.6. The molecule has 8 rings (SSSR count). The Hall–Kier alpha value is -8.31. The van der Waals surface area contributed by atoms with Gasteiger partial charge < -0.3 is 48.9 Å². The highest BCUT2D eigenvalue weighted by atomic mass is 16.7. The van der Waals surface area contributed by atoms with Crippen molar-refractivity contribution in [3.8, 4) is 23.0 Å². The Morgan fingerprint density at radius 1 is 0.573 bits per heavy atom. The molecule has 2 amide bonds. The Bertz CT molecular complexity index is 2970. The smallest absolute Gasteiger partial charge is 0.334 e. The van der Waals surface area contributed by atoms with Gasteiger partial charge in [-0.3, -0.25) is 9.59 Å². The van der Waals surface area contributed by atoms with Crippen molar-refractivity contribution < 1.29 is 62.2 Å². The van der Waals surface area contributed by atoms with Gasteiger partial charge in [0.15, 0.2) is 34.4 Å². The van der Waals surface area contributed by atoms with Crippen molar-refractivity contribution in [3.05, 3.63) is 179 Å². The van der Waals surface area contributed by atoms with Gasteiger partial charge in [0.2, 0.25) is 6.79 Å². The van der Waals surface area contributed by atoms with Crippen LogP contribution in [-0.2, 0) is 59.0 Å². The van der Waals surface area contributed by atoms with E-state index < -0.39 is 48.6 Å². The van der Waals surface area contributed by atoms with Gasteiger partial charge in [-0.1, -0.05) is 134 Å². The highest BCUT2D eigenvalue weighted by Crippen LogP contribution is 2.36. The molecule has 2 unspecified atom stereocenters. The molecule has 17 heteroatoms. The number of esters is 3. The van der Waals surface area contributed by atoms with Gasteiger partial charge in [-0.05, 0) is 106 Å². The van der Waals surface area contributed by atoms with E-state index in [2.05, 4.69) is 69.1 Å². The van der Waals surface area contributed by atoms with E-state index in [-0.39, 0.29) is 71.0 Å². The molecule has 2 saturated heterocycles. The first-order valence-corrected chi connectivity index (χ1v) is 28.1. The van der Waals surface area contributed by atoms with E-state index in [4.69, 9.17) is 33.2 Å². The maximum absolute atomic E-state index is 13.5. The summed E-state index contributed by atoms with van der Waals surface area (Å²) in [4.78, 5) is 73.2. The number of methoxy groups -OCH3 is 2. The summed E-state index contributed by atoms with van der Waals surface area (Å²) in [5.74, 6) is -2.15. The standard InChI is InChI=1S/C35H42N2O8.C30H34N2O5/c1-4-42-22-31(38)43-23-44-33-30(41-3)18-19-36-32(33)34(39)37-29-17-11-16-27(20-25-12-7-5-8-13-25)28(24(2)45-35(29)40)21-26-14-9-6-10-15-26;1-20-24(19-22-12-7-4-8-13-22)23(18-21-10-5-3-6-11-21)14-9-15-25(30(35)37-20)32-29(34)27-28(33)26(36-2)16-17-31-27/h5-10,12-15,18-19,24,27-29H,4,11,16-17,20-23H2,1-3H3,(H,37,39);3-8,10-13,16-17,20,23-25,33H,9,14-15,18-19H2,1-2H3,(H,32,34)/t24-,27+,28-,29?;20-,23+,24-,25?/m00/s1. The first kappa shape index (κ1) is 61.3. The molecule has 0 bridgehead atoms. The van der Waals surface area contributed by atoms with E-state index >= 15 is 0 Å². The molecule has 434 valence electrons. The fraction of sp³-hybridized carbons (Fsp3) is 0.400. The number of rotatable bonds is 20. The van der Waals surface area contributed by atoms with E-state index in [1.165, 1.54) is 61.0 Å². The lowest BCUT2D eigenvalue weighted by Crippen LogP contribution is -2.43. The van der Waals surface area contributed by atoms with Crippen molar-refractivity contribution in [2.45, 2.75) is 109 Å². The number of aromatic nitrogens is 2. The summed E-state index contributed by atoms with van der Waals surface area (Å²) in [6.45, 7) is 5.30. The third kappa shape index (κ3) is 17.8. The van der Waals surface area contributed by atoms with Crippen LogP contribution >= 0.6 is 0 Å². The molecule has 6 aromatic rings. The highest BCUT2D eigenvalue weighted by Gasteiger charge is 2.37. The lowest BCUT2D eigenvalue weighted by atomic mass is 9.77. The van der Waals surface area contributed by atoms with Gasteiger partial charge in [0.05, 0.1) is 14.2 Å². The van der Waals surface area contributed by atoms with E-state index in [9.17, 15) is 29.1 Å². The molecule has 2 fully saturated rings. The predicted octanol–water partition coefficient (Wildman–Crippen LogP) is 9.67. The number of nitrogens with one attached hydrogen (secondary N) is 2. The molecular weight excluding hydrogens is 1040 g/mol. The van der Waals surface area contributed by atoms with E-state index in [1.807, 2.05) is 86.6 Å². The monoisotopic (exact) mass is 1120 g/mol. The molecule has 3 N–H and O–H groups in total. The van der Waals surface area contributed by atoms with Crippen LogP contribution < -0.4 is 24.8 Å². The van der Waals surface area contributed by atoms with Crippen molar-refractivity contribution in [3.63, 3.8) is 0 Å². The normalized spacial score (nSPS) is 21.0. The van der Waals surface area contributed by atoms with E-state index in [0.29, 0.717) is 31.8 Å². The Balaban J connectivity index is 0.000000240. The third-order valence-corrected chi connectivity index (χ3v) is 15.1. The number of aromatic hydroxyl groups is 1. The number of cyclic esters (lactones) is 2. The summed E-state index contributed by atoms with van der Waals surface area (Å²) >= 11 is 0. The molecule has 0 spiro atoms. The number of amides is 2. The maximum atomic E-state index is 13.5. The first-order valence-electron chi connectivity index (χ1n) is 28.1. The third-order valence-electron chi connectivity index (χ3n) is 15.1. The van der Waals surface area contributed by atoms with Crippen molar-refractivity contribution in [1.29, 1.82) is 0 Å². The molecule has 4 heterocycles. The highest BCUT2D eigenvalue weighted by molar-refractivity contribution is 5.98. The molecule has 2 aliphatic rings. The summed E-state index contributed by atoms with van der Waals surface area (Å²) in [7, 11) is 2.81. The number of ether oxygens (including phenoxy) is 7. The molecule has 0 saturated carbocycles. The molecule has 2 aliphatic heterocycles. The van der Waals surface area contributed by atoms with Crippen LogP contribution in [0.25, 0.3) is 0 Å². The average Bonchev–Trinajstić information content (AvgIpc) is 3.80. The molecule has 4 aromatic carbocycles. The molecule has 82 heavy (non-hydrogen) atoms. The number of nitrogens with zero attached hydrogens (tertiary/aromatic N) is 2. The van der Waals surface area contributed by atoms with Gasteiger partial charge in [0.25, 0.3) is 11.8 Å². The van der Waals surface area contributed by atoms with Crippen molar-refractivity contribution in [2.24, 2.45) is 23.7 Å². The lowest BCUT2D eigenvalue weighted by molar-refractivity contribution is -0.156. The van der Waals surface area contributed by atoms with Gasteiger partial charge >= 0.3 is 17.9 Å². The van der Waals surface area contributed by atoms with Gasteiger partial charge in [0.1, 0.15) is 30.9 Å². The number of benzene rings is 4. The molecular formula is C65H76N4O13. The Kier molecular flexibility index (Phi) is 23.6. The second kappa shape index (κ2) is 31.6. The van der Waals surface area contributed by atoms with Crippen molar-refractivity contribution >= 4 is 29.7 Å². The lowest BCUT2D eigenvalue weighted by Gasteiger charge is -2.31. The number of pyridine rings is 2. The molecule has 0 radical (unpaired) electrons. The molecule has 17 nitrogen and oxygen atoms in total. The van der Waals surface area contributed by atoms with Crippen molar-refractivity contribution in [2.75, 3.05) is 34.2 Å². The van der Waals surface area contributed by atoms with Crippen LogP contribution in [0.4, 0.5) is 0 Å². The van der Waals surface area contributed by atoms with Crippen LogP contribution in [0.1, 0.15) is 103 Å². The van der Waals surface area contributed by atoms with Crippen LogP contribution in [0.15, 0.2) is 146 Å². The number of hydrogen-bond donors (Lipinski definition) is 3. The molecule has 2 aromatic heterocycles. The Morgan fingerprint density at radius 3 is 1.43 bits per heavy atom. The summed E-state index contributed by atoms with van der Waals surface area (Å²) in [6.07, 6.45) is 9.40. The van der Waals surface area contributed by atoms with Crippen LogP contribution in [0.5, 0.6) is 23.0 Å². The van der Waals surface area contributed by atoms with Crippen LogP contribution in [0, 0.1) is 23.7 Å². The zero-order valence-electron chi connectivity index (χ0n) is 47.4. The minimum atomic E-state index is -0.891. The van der Waals surface area contributed by atoms with E-state index in [0.717, 1.165) is 44.9 Å². The fourth-order valence-corrected chi connectivity index (χ4v) is 10.8. The molecule has 8 atom stereocenters. The quantitative estimate of drug-likeness (QED) is 0.0368. The fourth-order valence-electron chi connectivity index (χ4n) is 10.8. The summed E-state index contributed by atoms with van der Waals surface area (Å²) < 4.78 is 38.2. The second-order valence-corrected chi connectivity index (χ2v) is 20.6. The summed E-state index contributed by atoms with van der Waals surface area (Å²) in [5.41, 5.74) is 4.59. The van der Waals surface area contributed by atoms with Gasteiger partial charge in [-0.25, -0.2) is 24.4 Å². The minimum absolute atomic E-state index is 0.0163. The first-order chi connectivity index (χ1) is 39.8. The van der Waals surface area contributed by atoms with Gasteiger partial charge in [-0.15, -0.1) is 0 Å². The minimum Gasteiger partial charge on any atom is -0.503 e. The zero-order valence-corrected chi connectivity index (χ0v) is 47.4. The number of carbonyl (C=O) groups excluding carboxylic acids is 5. The zero-order chi connectivity index (χ0) is 58.2. The average molecular weight is 1120 g/mol. The Labute approximate surface area is 480 Å². The van der Waals surface area contributed by atoms with Crippen LogP contribution in [-0.4, -0.2) is 103 Å².